The molecule has 0 spiro atoms. The van der Waals surface area contributed by atoms with Crippen molar-refractivity contribution in [2.75, 3.05) is 12.9 Å². The third-order valence-electron chi connectivity index (χ3n) is 5.06. The molecule has 7 nitrogen and oxygen atoms in total. The number of thioether (sulfide) groups is 1. The zero-order valence-corrected chi connectivity index (χ0v) is 18.4. The molecule has 30 heavy (non-hydrogen) atoms. The van der Waals surface area contributed by atoms with E-state index in [1.54, 1.807) is 49.0 Å². The molecule has 0 fully saturated rings. The zero-order valence-electron chi connectivity index (χ0n) is 16.7. The van der Waals surface area contributed by atoms with Crippen LogP contribution in [0.2, 0.25) is 0 Å². The van der Waals surface area contributed by atoms with Gasteiger partial charge in [0.05, 0.1) is 12.9 Å². The molecule has 2 amide bonds. The van der Waals surface area contributed by atoms with Crippen molar-refractivity contribution in [3.05, 3.63) is 46.6 Å². The second-order valence-electron chi connectivity index (χ2n) is 7.23. The van der Waals surface area contributed by atoms with Crippen LogP contribution in [-0.4, -0.2) is 34.6 Å². The smallest absolute Gasteiger partial charge is 0.269 e. The lowest BCUT2D eigenvalue weighted by Gasteiger charge is -2.18. The summed E-state index contributed by atoms with van der Waals surface area (Å²) in [7, 11) is 1.56. The number of hydrogen-bond acceptors (Lipinski definition) is 7. The van der Waals surface area contributed by atoms with Crippen LogP contribution in [0.15, 0.2) is 35.6 Å². The van der Waals surface area contributed by atoms with E-state index in [9.17, 15) is 9.59 Å². The van der Waals surface area contributed by atoms with E-state index in [0.717, 1.165) is 34.5 Å². The van der Waals surface area contributed by atoms with Gasteiger partial charge in [0.1, 0.15) is 21.9 Å². The summed E-state index contributed by atoms with van der Waals surface area (Å²) in [5, 5.41) is 1.91. The number of hydrogen-bond donors (Lipinski definition) is 2. The summed E-state index contributed by atoms with van der Waals surface area (Å²) in [5.41, 5.74) is 6.66. The summed E-state index contributed by atoms with van der Waals surface area (Å²) in [6.45, 7) is 2.28. The number of fused-ring (bicyclic) bond motifs is 3. The van der Waals surface area contributed by atoms with Crippen molar-refractivity contribution in [2.45, 2.75) is 31.2 Å². The number of amides is 2. The number of rotatable bonds is 5. The number of nitrogens with one attached hydrogen (secondary N) is 2. The van der Waals surface area contributed by atoms with E-state index in [1.807, 2.05) is 0 Å². The van der Waals surface area contributed by atoms with Gasteiger partial charge in [-0.25, -0.2) is 9.97 Å². The highest BCUT2D eigenvalue weighted by Gasteiger charge is 2.23. The second-order valence-corrected chi connectivity index (χ2v) is 9.28. The molecule has 1 aliphatic rings. The fourth-order valence-corrected chi connectivity index (χ4v) is 5.71. The maximum absolute atomic E-state index is 12.3. The third kappa shape index (κ3) is 4.41. The Kier molecular flexibility index (Phi) is 6.19. The van der Waals surface area contributed by atoms with Crippen molar-refractivity contribution in [1.82, 2.24) is 20.8 Å². The normalized spacial score (nSPS) is 15.5. The first-order chi connectivity index (χ1) is 14.5. The molecule has 1 aromatic carbocycles. The molecule has 0 saturated heterocycles. The lowest BCUT2D eigenvalue weighted by atomic mass is 9.89. The third-order valence-corrected chi connectivity index (χ3v) is 7.22. The number of benzene rings is 1. The van der Waals surface area contributed by atoms with E-state index < -0.39 is 0 Å². The number of methoxy groups -OCH3 is 1. The van der Waals surface area contributed by atoms with Crippen LogP contribution < -0.4 is 15.6 Å². The number of ether oxygens (including phenoxy) is 1. The molecule has 4 rings (SSSR count). The Morgan fingerprint density at radius 1 is 1.23 bits per heavy atom. The molecule has 0 radical (unpaired) electrons. The molecule has 2 aromatic heterocycles. The molecular formula is C21H22N4O3S2. The number of carbonyl (C=O) groups is 2. The maximum Gasteiger partial charge on any atom is 0.269 e. The van der Waals surface area contributed by atoms with Gasteiger partial charge in [0.25, 0.3) is 5.91 Å². The van der Waals surface area contributed by atoms with E-state index in [-0.39, 0.29) is 17.6 Å². The van der Waals surface area contributed by atoms with E-state index in [4.69, 9.17) is 4.74 Å². The van der Waals surface area contributed by atoms with Crippen LogP contribution in [0.1, 0.15) is 34.1 Å². The molecule has 3 aromatic rings. The van der Waals surface area contributed by atoms with E-state index >= 15 is 0 Å². The van der Waals surface area contributed by atoms with Gasteiger partial charge in [-0.05, 0) is 55.0 Å². The molecule has 2 heterocycles. The summed E-state index contributed by atoms with van der Waals surface area (Å²) in [5.74, 6) is 0.812. The molecule has 9 heteroatoms. The molecule has 1 aliphatic carbocycles. The minimum absolute atomic E-state index is 0.149. The molecule has 0 aliphatic heterocycles. The van der Waals surface area contributed by atoms with Gasteiger partial charge in [0.2, 0.25) is 5.91 Å². The Bertz CT molecular complexity index is 1080. The van der Waals surface area contributed by atoms with Gasteiger partial charge in [-0.2, -0.15) is 0 Å². The summed E-state index contributed by atoms with van der Waals surface area (Å²) >= 11 is 3.10. The Hall–Kier alpha value is -2.65. The van der Waals surface area contributed by atoms with Crippen molar-refractivity contribution < 1.29 is 14.3 Å². The van der Waals surface area contributed by atoms with Crippen LogP contribution in [0.5, 0.6) is 5.75 Å². The fraction of sp³-hybridized carbons (Fsp3) is 0.333. The van der Waals surface area contributed by atoms with Crippen LogP contribution in [0, 0.1) is 5.92 Å². The van der Waals surface area contributed by atoms with Crippen molar-refractivity contribution in [2.24, 2.45) is 5.92 Å². The summed E-state index contributed by atoms with van der Waals surface area (Å²) in [6, 6.07) is 6.64. The van der Waals surface area contributed by atoms with Crippen molar-refractivity contribution in [3.8, 4) is 5.75 Å². The lowest BCUT2D eigenvalue weighted by Crippen LogP contribution is -2.42. The van der Waals surface area contributed by atoms with Crippen LogP contribution in [0.4, 0.5) is 0 Å². The highest BCUT2D eigenvalue weighted by Crippen LogP contribution is 2.40. The van der Waals surface area contributed by atoms with Gasteiger partial charge in [-0.15, -0.1) is 11.3 Å². The highest BCUT2D eigenvalue weighted by molar-refractivity contribution is 8.00. The minimum Gasteiger partial charge on any atom is -0.497 e. The molecule has 0 unspecified atom stereocenters. The minimum atomic E-state index is -0.388. The van der Waals surface area contributed by atoms with Crippen molar-refractivity contribution >= 4 is 45.1 Å². The monoisotopic (exact) mass is 442 g/mol. The first kappa shape index (κ1) is 20.6. The van der Waals surface area contributed by atoms with Crippen molar-refractivity contribution in [3.63, 3.8) is 0 Å². The Balaban J connectivity index is 1.37. The average Bonchev–Trinajstić information content (AvgIpc) is 3.14. The first-order valence-corrected chi connectivity index (χ1v) is 11.5. The predicted octanol–water partition coefficient (Wildman–Crippen LogP) is 3.38. The maximum atomic E-state index is 12.3. The summed E-state index contributed by atoms with van der Waals surface area (Å²) < 4.78 is 5.07. The van der Waals surface area contributed by atoms with Gasteiger partial charge in [-0.1, -0.05) is 18.7 Å². The Morgan fingerprint density at radius 2 is 2.03 bits per heavy atom. The van der Waals surface area contributed by atoms with E-state index in [1.165, 1.54) is 22.2 Å². The number of aromatic nitrogens is 2. The van der Waals surface area contributed by atoms with E-state index in [0.29, 0.717) is 17.2 Å². The molecule has 156 valence electrons. The number of carbonyl (C=O) groups excluding carboxylic acids is 2. The second kappa shape index (κ2) is 9.01. The highest BCUT2D eigenvalue weighted by atomic mass is 32.2. The topological polar surface area (TPSA) is 93.2 Å². The predicted molar refractivity (Wildman–Crippen MR) is 118 cm³/mol. The van der Waals surface area contributed by atoms with E-state index in [2.05, 4.69) is 27.7 Å². The van der Waals surface area contributed by atoms with Gasteiger partial charge < -0.3 is 4.74 Å². The number of hydrazine groups is 1. The average molecular weight is 443 g/mol. The standard InChI is InChI=1S/C21H22N4O3S2/c1-12-3-8-15-16(9-12)30-21-18(15)20(22-11-23-21)29-10-17(26)24-25-19(27)13-4-6-14(28-2)7-5-13/h4-7,11-12H,3,8-10H2,1-2H3,(H,24,26)(H,25,27)/t12-/m1/s1. The quantitative estimate of drug-likeness (QED) is 0.357. The molecule has 2 N–H and O–H groups in total. The zero-order chi connectivity index (χ0) is 21.1. The molecule has 0 saturated carbocycles. The van der Waals surface area contributed by atoms with Crippen LogP contribution >= 0.6 is 23.1 Å². The largest absolute Gasteiger partial charge is 0.497 e. The van der Waals surface area contributed by atoms with Gasteiger partial charge >= 0.3 is 0 Å². The number of thiophene rings is 1. The van der Waals surface area contributed by atoms with Crippen LogP contribution in [0.25, 0.3) is 10.2 Å². The van der Waals surface area contributed by atoms with Crippen LogP contribution in [0.3, 0.4) is 0 Å². The number of nitrogens with zero attached hydrogens (tertiary/aromatic N) is 2. The first-order valence-electron chi connectivity index (χ1n) is 9.66. The summed E-state index contributed by atoms with van der Waals surface area (Å²) in [4.78, 5) is 35.6. The van der Waals surface area contributed by atoms with Gasteiger partial charge in [0, 0.05) is 15.8 Å². The lowest BCUT2D eigenvalue weighted by molar-refractivity contribution is -0.119. The summed E-state index contributed by atoms with van der Waals surface area (Å²) in [6.07, 6.45) is 4.83. The Morgan fingerprint density at radius 3 is 2.80 bits per heavy atom. The van der Waals surface area contributed by atoms with Crippen LogP contribution in [-0.2, 0) is 17.6 Å². The van der Waals surface area contributed by atoms with Crippen molar-refractivity contribution in [1.29, 1.82) is 0 Å². The number of aryl methyl sites for hydroxylation is 1. The van der Waals surface area contributed by atoms with Gasteiger partial charge in [-0.3, -0.25) is 20.4 Å². The SMILES string of the molecule is COc1ccc(C(=O)NNC(=O)CSc2ncnc3sc4c(c23)CC[C@@H](C)C4)cc1. The van der Waals surface area contributed by atoms with Gasteiger partial charge in [0.15, 0.2) is 0 Å². The molecular weight excluding hydrogens is 420 g/mol. The Labute approximate surface area is 182 Å². The molecule has 0 bridgehead atoms. The fourth-order valence-electron chi connectivity index (χ4n) is 3.47. The molecule has 1 atom stereocenters.